The summed E-state index contributed by atoms with van der Waals surface area (Å²) in [7, 11) is -4.12. The van der Waals surface area contributed by atoms with Crippen molar-refractivity contribution in [2.24, 2.45) is 0 Å². The van der Waals surface area contributed by atoms with E-state index < -0.39 is 27.9 Å². The van der Waals surface area contributed by atoms with E-state index in [1.807, 2.05) is 0 Å². The molecule has 1 rings (SSSR count). The summed E-state index contributed by atoms with van der Waals surface area (Å²) in [5.41, 5.74) is 0. The summed E-state index contributed by atoms with van der Waals surface area (Å²) in [5, 5.41) is 8.50. The molecule has 100 valence electrons. The fraction of sp³-hybridized carbons (Fsp3) is 0.222. The highest BCUT2D eigenvalue weighted by Gasteiger charge is 2.19. The summed E-state index contributed by atoms with van der Waals surface area (Å²) in [6.45, 7) is 1.15. The van der Waals surface area contributed by atoms with E-state index in [0.29, 0.717) is 0 Å². The van der Waals surface area contributed by atoms with E-state index >= 15 is 0 Å². The first-order chi connectivity index (χ1) is 8.24. The molecule has 0 radical (unpaired) electrons. The highest BCUT2D eigenvalue weighted by molar-refractivity contribution is 9.10. The van der Waals surface area contributed by atoms with Crippen LogP contribution in [0.25, 0.3) is 0 Å². The summed E-state index contributed by atoms with van der Waals surface area (Å²) < 4.78 is 36.5. The van der Waals surface area contributed by atoms with Crippen molar-refractivity contribution in [2.45, 2.75) is 17.9 Å². The predicted molar refractivity (Wildman–Crippen MR) is 62.6 cm³/mol. The van der Waals surface area contributed by atoms with Gasteiger partial charge in [0.15, 0.2) is 6.10 Å². The molecule has 0 unspecified atom stereocenters. The third kappa shape index (κ3) is 3.73. The van der Waals surface area contributed by atoms with E-state index in [2.05, 4.69) is 20.8 Å². The van der Waals surface area contributed by atoms with Gasteiger partial charge in [-0.15, -0.1) is 0 Å². The Kier molecular flexibility index (Phi) is 4.79. The number of carbonyl (C=O) groups is 1. The average molecular weight is 342 g/mol. The van der Waals surface area contributed by atoms with Crippen molar-refractivity contribution in [3.63, 3.8) is 0 Å². The Morgan fingerprint density at radius 1 is 1.56 bits per heavy atom. The topological polar surface area (TPSA) is 92.7 Å². The van der Waals surface area contributed by atoms with Crippen LogP contribution < -0.4 is 4.89 Å². The zero-order valence-electron chi connectivity index (χ0n) is 9.05. The molecule has 0 fully saturated rings. The lowest BCUT2D eigenvalue weighted by molar-refractivity contribution is -0.151. The van der Waals surface area contributed by atoms with Gasteiger partial charge in [-0.05, 0) is 41.1 Å². The van der Waals surface area contributed by atoms with Gasteiger partial charge in [-0.25, -0.2) is 17.6 Å². The second-order valence-corrected chi connectivity index (χ2v) is 5.76. The lowest BCUT2D eigenvalue weighted by Crippen LogP contribution is -2.32. The number of nitrogens with one attached hydrogen (secondary N) is 1. The van der Waals surface area contributed by atoms with Crippen LogP contribution in [0.4, 0.5) is 4.39 Å². The SMILES string of the molecule is C[C@@H](ONS(=O)(=O)c1ccc(Br)c(F)c1)C(=O)O. The minimum Gasteiger partial charge on any atom is -0.479 e. The van der Waals surface area contributed by atoms with Crippen LogP contribution in [0.15, 0.2) is 27.6 Å². The summed E-state index contributed by atoms with van der Waals surface area (Å²) in [4.78, 5) is 16.1. The van der Waals surface area contributed by atoms with Crippen LogP contribution in [0.5, 0.6) is 0 Å². The number of aliphatic carboxylic acids is 1. The van der Waals surface area contributed by atoms with Gasteiger partial charge < -0.3 is 5.11 Å². The van der Waals surface area contributed by atoms with E-state index in [9.17, 15) is 17.6 Å². The van der Waals surface area contributed by atoms with Crippen LogP contribution in [0.3, 0.4) is 0 Å². The van der Waals surface area contributed by atoms with E-state index in [0.717, 1.165) is 19.1 Å². The molecule has 0 aromatic heterocycles. The van der Waals surface area contributed by atoms with E-state index in [1.54, 1.807) is 4.89 Å². The van der Waals surface area contributed by atoms with Gasteiger partial charge in [0.05, 0.1) is 9.37 Å². The number of rotatable bonds is 5. The van der Waals surface area contributed by atoms with Crippen molar-refractivity contribution in [1.82, 2.24) is 4.89 Å². The summed E-state index contributed by atoms with van der Waals surface area (Å²) >= 11 is 2.88. The molecular weight excluding hydrogens is 333 g/mol. The summed E-state index contributed by atoms with van der Waals surface area (Å²) in [5.74, 6) is -2.09. The van der Waals surface area contributed by atoms with Crippen molar-refractivity contribution >= 4 is 31.9 Å². The van der Waals surface area contributed by atoms with E-state index in [1.165, 1.54) is 6.07 Å². The van der Waals surface area contributed by atoms with E-state index in [4.69, 9.17) is 5.11 Å². The molecule has 1 aromatic carbocycles. The zero-order chi connectivity index (χ0) is 13.9. The number of carboxylic acid groups (broad SMARTS) is 1. The van der Waals surface area contributed by atoms with Crippen LogP contribution in [0.1, 0.15) is 6.92 Å². The van der Waals surface area contributed by atoms with Crippen LogP contribution in [0.2, 0.25) is 0 Å². The largest absolute Gasteiger partial charge is 0.479 e. The fourth-order valence-electron chi connectivity index (χ4n) is 0.878. The molecule has 0 spiro atoms. The molecule has 0 amide bonds. The van der Waals surface area contributed by atoms with Crippen molar-refractivity contribution in [2.75, 3.05) is 0 Å². The molecule has 2 N–H and O–H groups in total. The minimum absolute atomic E-state index is 0.112. The molecule has 0 saturated heterocycles. The Bertz CT molecular complexity index is 562. The molecule has 0 heterocycles. The second kappa shape index (κ2) is 5.74. The molecule has 0 saturated carbocycles. The summed E-state index contributed by atoms with van der Waals surface area (Å²) in [6.07, 6.45) is -1.36. The number of hydrogen-bond acceptors (Lipinski definition) is 4. The van der Waals surface area contributed by atoms with Gasteiger partial charge in [0.1, 0.15) is 5.82 Å². The molecule has 18 heavy (non-hydrogen) atoms. The van der Waals surface area contributed by atoms with Crippen LogP contribution in [-0.2, 0) is 19.7 Å². The standard InChI is InChI=1S/C9H9BrFNO5S/c1-5(9(13)14)17-12-18(15,16)6-2-3-7(10)8(11)4-6/h2-5,12H,1H3,(H,13,14)/t5-/m1/s1. The number of carboxylic acids is 1. The third-order valence-electron chi connectivity index (χ3n) is 1.88. The maximum atomic E-state index is 13.2. The third-order valence-corrected chi connectivity index (χ3v) is 3.72. The Labute approximate surface area is 111 Å². The molecule has 9 heteroatoms. The van der Waals surface area contributed by atoms with Gasteiger partial charge in [-0.1, -0.05) is 4.89 Å². The fourth-order valence-corrected chi connectivity index (χ4v) is 2.00. The van der Waals surface area contributed by atoms with Crippen molar-refractivity contribution in [3.05, 3.63) is 28.5 Å². The Morgan fingerprint density at radius 3 is 2.67 bits per heavy atom. The highest BCUT2D eigenvalue weighted by Crippen LogP contribution is 2.19. The van der Waals surface area contributed by atoms with Crippen molar-refractivity contribution in [3.8, 4) is 0 Å². The number of halogens is 2. The van der Waals surface area contributed by atoms with E-state index in [-0.39, 0.29) is 9.37 Å². The van der Waals surface area contributed by atoms with Crippen molar-refractivity contribution in [1.29, 1.82) is 0 Å². The maximum Gasteiger partial charge on any atom is 0.334 e. The molecular formula is C9H9BrFNO5S. The number of sulfonamides is 1. The molecule has 1 aromatic rings. The molecule has 1 atom stereocenters. The Hall–Kier alpha value is -1.03. The molecule has 0 aliphatic rings. The molecule has 0 aliphatic carbocycles. The Morgan fingerprint density at radius 2 is 2.17 bits per heavy atom. The van der Waals surface area contributed by atoms with Gasteiger partial charge in [0.25, 0.3) is 10.0 Å². The first-order valence-corrected chi connectivity index (χ1v) is 6.87. The maximum absolute atomic E-state index is 13.2. The van der Waals surface area contributed by atoms with Gasteiger partial charge in [-0.2, -0.15) is 0 Å². The van der Waals surface area contributed by atoms with Crippen LogP contribution in [-0.4, -0.2) is 25.6 Å². The highest BCUT2D eigenvalue weighted by atomic mass is 79.9. The van der Waals surface area contributed by atoms with Crippen molar-refractivity contribution < 1.29 is 27.5 Å². The molecule has 0 bridgehead atoms. The van der Waals surface area contributed by atoms with Crippen LogP contribution >= 0.6 is 15.9 Å². The Balaban J connectivity index is 2.87. The average Bonchev–Trinajstić information content (AvgIpc) is 2.29. The van der Waals surface area contributed by atoms with Gasteiger partial charge in [-0.3, -0.25) is 4.84 Å². The van der Waals surface area contributed by atoms with Gasteiger partial charge in [0.2, 0.25) is 0 Å². The molecule has 6 nitrogen and oxygen atoms in total. The normalized spacial score (nSPS) is 13.3. The number of benzene rings is 1. The minimum atomic E-state index is -4.12. The smallest absolute Gasteiger partial charge is 0.334 e. The predicted octanol–water partition coefficient (Wildman–Crippen LogP) is 1.27. The summed E-state index contributed by atoms with van der Waals surface area (Å²) in [6, 6.07) is 3.13. The first-order valence-electron chi connectivity index (χ1n) is 4.59. The monoisotopic (exact) mass is 341 g/mol. The van der Waals surface area contributed by atoms with Crippen LogP contribution in [0, 0.1) is 5.82 Å². The number of hydrogen-bond donors (Lipinski definition) is 2. The quantitative estimate of drug-likeness (QED) is 0.787. The lowest BCUT2D eigenvalue weighted by atomic mass is 10.3. The van der Waals surface area contributed by atoms with Gasteiger partial charge in [0, 0.05) is 0 Å². The zero-order valence-corrected chi connectivity index (χ0v) is 11.5. The molecule has 0 aliphatic heterocycles. The van der Waals surface area contributed by atoms with Gasteiger partial charge >= 0.3 is 5.97 Å². The lowest BCUT2D eigenvalue weighted by Gasteiger charge is -2.10. The second-order valence-electron chi connectivity index (χ2n) is 3.26. The first kappa shape index (κ1) is 15.0.